The number of nitrogens with zero attached hydrogens (tertiary/aromatic N) is 3. The Balaban J connectivity index is 1.45. The molecule has 3 aromatic rings. The van der Waals surface area contributed by atoms with Crippen LogP contribution in [0.3, 0.4) is 0 Å². The van der Waals surface area contributed by atoms with Crippen LogP contribution < -0.4 is 5.32 Å². The molecule has 0 saturated heterocycles. The summed E-state index contributed by atoms with van der Waals surface area (Å²) in [7, 11) is 0. The van der Waals surface area contributed by atoms with E-state index in [1.54, 1.807) is 23.1 Å². The predicted molar refractivity (Wildman–Crippen MR) is 95.1 cm³/mol. The Hall–Kier alpha value is -2.96. The highest BCUT2D eigenvalue weighted by molar-refractivity contribution is 5.94. The van der Waals surface area contributed by atoms with Gasteiger partial charge in [-0.05, 0) is 56.0 Å². The molecule has 1 aromatic carbocycles. The molecule has 2 aliphatic rings. The SMILES string of the molecule is O=C(N[C@@H]1CCCc2occc21)c1nnn(-c2ccc(F)cc2)c1C1CC1. The highest BCUT2D eigenvalue weighted by Gasteiger charge is 2.35. The van der Waals surface area contributed by atoms with Crippen molar-refractivity contribution in [3.8, 4) is 5.69 Å². The molecule has 138 valence electrons. The monoisotopic (exact) mass is 366 g/mol. The third kappa shape index (κ3) is 2.93. The number of halogens is 1. The number of aryl methyl sites for hydroxylation is 1. The summed E-state index contributed by atoms with van der Waals surface area (Å²) in [5, 5.41) is 11.5. The zero-order valence-corrected chi connectivity index (χ0v) is 14.7. The summed E-state index contributed by atoms with van der Waals surface area (Å²) in [4.78, 5) is 13.0. The molecule has 0 bridgehead atoms. The zero-order valence-electron chi connectivity index (χ0n) is 14.7. The maximum absolute atomic E-state index is 13.2. The minimum absolute atomic E-state index is 0.0666. The van der Waals surface area contributed by atoms with E-state index in [1.807, 2.05) is 6.07 Å². The van der Waals surface area contributed by atoms with Crippen molar-refractivity contribution in [2.75, 3.05) is 0 Å². The van der Waals surface area contributed by atoms with Crippen LogP contribution in [0.2, 0.25) is 0 Å². The normalized spacial score (nSPS) is 18.9. The number of rotatable bonds is 4. The van der Waals surface area contributed by atoms with Crippen LogP contribution in [0.1, 0.15) is 65.1 Å². The molecule has 0 unspecified atom stereocenters. The lowest BCUT2D eigenvalue weighted by Crippen LogP contribution is -2.31. The summed E-state index contributed by atoms with van der Waals surface area (Å²) in [5.41, 5.74) is 2.92. The number of amides is 1. The zero-order chi connectivity index (χ0) is 18.4. The van der Waals surface area contributed by atoms with E-state index in [0.717, 1.165) is 49.1 Å². The summed E-state index contributed by atoms with van der Waals surface area (Å²) >= 11 is 0. The van der Waals surface area contributed by atoms with Gasteiger partial charge in [-0.25, -0.2) is 9.07 Å². The summed E-state index contributed by atoms with van der Waals surface area (Å²) in [6.45, 7) is 0. The van der Waals surface area contributed by atoms with Gasteiger partial charge in [-0.15, -0.1) is 5.10 Å². The van der Waals surface area contributed by atoms with Crippen LogP contribution in [-0.2, 0) is 6.42 Å². The number of fused-ring (bicyclic) bond motifs is 1. The Labute approximate surface area is 155 Å². The molecule has 1 fully saturated rings. The average molecular weight is 366 g/mol. The van der Waals surface area contributed by atoms with E-state index in [9.17, 15) is 9.18 Å². The summed E-state index contributed by atoms with van der Waals surface area (Å²) in [6, 6.07) is 7.93. The Morgan fingerprint density at radius 1 is 1.19 bits per heavy atom. The molecule has 6 nitrogen and oxygen atoms in total. The first-order valence-electron chi connectivity index (χ1n) is 9.29. The number of hydrogen-bond donors (Lipinski definition) is 1. The number of carbonyl (C=O) groups is 1. The molecule has 0 radical (unpaired) electrons. The molecule has 1 atom stereocenters. The van der Waals surface area contributed by atoms with Gasteiger partial charge in [-0.1, -0.05) is 5.21 Å². The fraction of sp³-hybridized carbons (Fsp3) is 0.350. The highest BCUT2D eigenvalue weighted by Crippen LogP contribution is 2.42. The number of furan rings is 1. The Morgan fingerprint density at radius 3 is 2.78 bits per heavy atom. The number of carbonyl (C=O) groups excluding carboxylic acids is 1. The van der Waals surface area contributed by atoms with Crippen molar-refractivity contribution >= 4 is 5.91 Å². The Kier molecular flexibility index (Phi) is 3.81. The van der Waals surface area contributed by atoms with Crippen LogP contribution >= 0.6 is 0 Å². The van der Waals surface area contributed by atoms with Crippen molar-refractivity contribution < 1.29 is 13.6 Å². The highest BCUT2D eigenvalue weighted by atomic mass is 19.1. The number of hydrogen-bond acceptors (Lipinski definition) is 4. The molecule has 0 aliphatic heterocycles. The fourth-order valence-corrected chi connectivity index (χ4v) is 3.81. The van der Waals surface area contributed by atoms with Crippen molar-refractivity contribution in [1.82, 2.24) is 20.3 Å². The van der Waals surface area contributed by atoms with Crippen molar-refractivity contribution in [3.63, 3.8) is 0 Å². The summed E-state index contributed by atoms with van der Waals surface area (Å²) in [6.07, 6.45) is 6.44. The summed E-state index contributed by atoms with van der Waals surface area (Å²) in [5.74, 6) is 0.688. The van der Waals surface area contributed by atoms with E-state index in [0.29, 0.717) is 11.4 Å². The Bertz CT molecular complexity index is 988. The van der Waals surface area contributed by atoms with Crippen molar-refractivity contribution in [3.05, 3.63) is 65.1 Å². The van der Waals surface area contributed by atoms with Gasteiger partial charge >= 0.3 is 0 Å². The third-order valence-electron chi connectivity index (χ3n) is 5.31. The standard InChI is InChI=1S/C20H19FN4O2/c21-13-6-8-14(9-7-13)25-19(12-4-5-12)18(23-24-25)20(26)22-16-2-1-3-17-15(16)10-11-27-17/h6-12,16H,1-5H2,(H,22,26)/t16-/m1/s1. The smallest absolute Gasteiger partial charge is 0.274 e. The molecule has 5 rings (SSSR count). The lowest BCUT2D eigenvalue weighted by Gasteiger charge is -2.22. The van der Waals surface area contributed by atoms with Gasteiger partial charge in [0.25, 0.3) is 5.91 Å². The van der Waals surface area contributed by atoms with Gasteiger partial charge in [0, 0.05) is 17.9 Å². The minimum Gasteiger partial charge on any atom is -0.469 e. The van der Waals surface area contributed by atoms with Crippen LogP contribution in [0, 0.1) is 5.82 Å². The van der Waals surface area contributed by atoms with Gasteiger partial charge in [0.1, 0.15) is 11.6 Å². The quantitative estimate of drug-likeness (QED) is 0.764. The van der Waals surface area contributed by atoms with E-state index in [-0.39, 0.29) is 23.7 Å². The number of benzene rings is 1. The van der Waals surface area contributed by atoms with E-state index in [2.05, 4.69) is 15.6 Å². The second-order valence-electron chi connectivity index (χ2n) is 7.20. The van der Waals surface area contributed by atoms with Gasteiger partial charge in [-0.2, -0.15) is 0 Å². The topological polar surface area (TPSA) is 73.0 Å². The van der Waals surface area contributed by atoms with E-state index >= 15 is 0 Å². The maximum Gasteiger partial charge on any atom is 0.274 e. The molecular formula is C20H19FN4O2. The molecule has 2 aromatic heterocycles. The van der Waals surface area contributed by atoms with Crippen LogP contribution in [0.5, 0.6) is 0 Å². The van der Waals surface area contributed by atoms with E-state index < -0.39 is 0 Å². The van der Waals surface area contributed by atoms with Gasteiger partial charge in [-0.3, -0.25) is 4.79 Å². The fourth-order valence-electron chi connectivity index (χ4n) is 3.81. The first-order chi connectivity index (χ1) is 13.2. The van der Waals surface area contributed by atoms with Gasteiger partial charge in [0.2, 0.25) is 0 Å². The molecule has 1 amide bonds. The molecule has 0 spiro atoms. The average Bonchev–Trinajstić information content (AvgIpc) is 3.22. The molecule has 7 heteroatoms. The van der Waals surface area contributed by atoms with Crippen LogP contribution in [0.25, 0.3) is 5.69 Å². The third-order valence-corrected chi connectivity index (χ3v) is 5.31. The maximum atomic E-state index is 13.2. The van der Waals surface area contributed by atoms with Crippen LogP contribution in [-0.4, -0.2) is 20.9 Å². The molecule has 2 aliphatic carbocycles. The van der Waals surface area contributed by atoms with Gasteiger partial charge < -0.3 is 9.73 Å². The summed E-state index contributed by atoms with van der Waals surface area (Å²) < 4.78 is 20.4. The predicted octanol–water partition coefficient (Wildman–Crippen LogP) is 3.68. The van der Waals surface area contributed by atoms with Crippen LogP contribution in [0.4, 0.5) is 4.39 Å². The number of aromatic nitrogens is 3. The van der Waals surface area contributed by atoms with Gasteiger partial charge in [0.05, 0.1) is 23.7 Å². The van der Waals surface area contributed by atoms with Crippen molar-refractivity contribution in [2.45, 2.75) is 44.1 Å². The van der Waals surface area contributed by atoms with Crippen molar-refractivity contribution in [1.29, 1.82) is 0 Å². The van der Waals surface area contributed by atoms with Crippen molar-refractivity contribution in [2.24, 2.45) is 0 Å². The second-order valence-corrected chi connectivity index (χ2v) is 7.20. The molecule has 27 heavy (non-hydrogen) atoms. The molecule has 1 N–H and O–H groups in total. The second kappa shape index (κ2) is 6.33. The van der Waals surface area contributed by atoms with E-state index in [1.165, 1.54) is 12.1 Å². The lowest BCUT2D eigenvalue weighted by atomic mass is 9.93. The van der Waals surface area contributed by atoms with E-state index in [4.69, 9.17) is 4.42 Å². The molecular weight excluding hydrogens is 347 g/mol. The molecule has 2 heterocycles. The Morgan fingerprint density at radius 2 is 2.00 bits per heavy atom. The lowest BCUT2D eigenvalue weighted by molar-refractivity contribution is 0.0926. The first-order valence-corrected chi connectivity index (χ1v) is 9.29. The minimum atomic E-state index is -0.307. The van der Waals surface area contributed by atoms with Gasteiger partial charge in [0.15, 0.2) is 5.69 Å². The first kappa shape index (κ1) is 16.2. The molecule has 1 saturated carbocycles. The van der Waals surface area contributed by atoms with Crippen LogP contribution in [0.15, 0.2) is 41.0 Å². The largest absolute Gasteiger partial charge is 0.469 e. The number of nitrogens with one attached hydrogen (secondary N) is 1.